The van der Waals surface area contributed by atoms with Gasteiger partial charge in [0.1, 0.15) is 11.9 Å². The molecule has 3 rings (SSSR count). The van der Waals surface area contributed by atoms with E-state index >= 15 is 0 Å². The van der Waals surface area contributed by atoms with Crippen LogP contribution in [0, 0.1) is 6.92 Å². The second-order valence-electron chi connectivity index (χ2n) is 6.61. The van der Waals surface area contributed by atoms with E-state index in [1.54, 1.807) is 30.4 Å². The van der Waals surface area contributed by atoms with Crippen LogP contribution in [0.3, 0.4) is 0 Å². The normalized spacial score (nSPS) is 19.2. The first kappa shape index (κ1) is 17.9. The largest absolute Gasteiger partial charge is 0.454 e. The van der Waals surface area contributed by atoms with Gasteiger partial charge in [0.05, 0.1) is 5.56 Å². The molecule has 0 bridgehead atoms. The molecule has 2 aliphatic carbocycles. The highest BCUT2D eigenvalue weighted by molar-refractivity contribution is 5.90. The molecule has 0 amide bonds. The van der Waals surface area contributed by atoms with Gasteiger partial charge in [0, 0.05) is 12.0 Å². The smallest absolute Gasteiger partial charge is 0.339 e. The zero-order valence-electron chi connectivity index (χ0n) is 15.0. The molecule has 0 radical (unpaired) electrons. The Morgan fingerprint density at radius 2 is 1.77 bits per heavy atom. The van der Waals surface area contributed by atoms with Gasteiger partial charge in [-0.1, -0.05) is 35.4 Å². The summed E-state index contributed by atoms with van der Waals surface area (Å²) in [6.45, 7) is 4.01. The maximum Gasteiger partial charge on any atom is 0.339 e. The summed E-state index contributed by atoms with van der Waals surface area (Å²) in [6, 6.07) is 7.26. The molecule has 26 heavy (non-hydrogen) atoms. The van der Waals surface area contributed by atoms with Crippen LogP contribution in [0.15, 0.2) is 71.6 Å². The third kappa shape index (κ3) is 4.60. The maximum atomic E-state index is 12.2. The van der Waals surface area contributed by atoms with Crippen molar-refractivity contribution in [1.82, 2.24) is 0 Å². The van der Waals surface area contributed by atoms with Gasteiger partial charge >= 0.3 is 11.9 Å². The summed E-state index contributed by atoms with van der Waals surface area (Å²) >= 11 is 0. The second kappa shape index (κ2) is 8.00. The van der Waals surface area contributed by atoms with Crippen LogP contribution in [-0.2, 0) is 14.3 Å². The summed E-state index contributed by atoms with van der Waals surface area (Å²) in [5.41, 5.74) is 3.56. The van der Waals surface area contributed by atoms with Gasteiger partial charge in [-0.2, -0.15) is 0 Å². The Morgan fingerprint density at radius 3 is 2.38 bits per heavy atom. The minimum atomic E-state index is -0.358. The summed E-state index contributed by atoms with van der Waals surface area (Å²) in [5, 5.41) is 0. The summed E-state index contributed by atoms with van der Waals surface area (Å²) < 4.78 is 10.9. The molecule has 2 aliphatic rings. The van der Waals surface area contributed by atoms with Crippen LogP contribution < -0.4 is 0 Å². The molecule has 1 atom stereocenters. The summed E-state index contributed by atoms with van der Waals surface area (Å²) in [4.78, 5) is 24.3. The number of allylic oxidation sites excluding steroid dienone is 4. The van der Waals surface area contributed by atoms with Crippen LogP contribution in [0.1, 0.15) is 42.1 Å². The molecule has 4 nitrogen and oxygen atoms in total. The van der Waals surface area contributed by atoms with Crippen molar-refractivity contribution in [2.45, 2.75) is 39.2 Å². The second-order valence-corrected chi connectivity index (χ2v) is 6.61. The Kier molecular flexibility index (Phi) is 5.52. The van der Waals surface area contributed by atoms with E-state index in [1.807, 2.05) is 38.1 Å². The first-order valence-corrected chi connectivity index (χ1v) is 8.76. The Balaban J connectivity index is 1.52. The molecule has 0 saturated carbocycles. The molecule has 0 aromatic heterocycles. The number of esters is 2. The van der Waals surface area contributed by atoms with E-state index in [2.05, 4.69) is 0 Å². The van der Waals surface area contributed by atoms with Crippen molar-refractivity contribution in [3.05, 3.63) is 82.7 Å². The number of carbonyl (C=O) groups is 2. The highest BCUT2D eigenvalue weighted by Gasteiger charge is 2.19. The number of benzene rings is 1. The number of hydrogen-bond donors (Lipinski definition) is 0. The standard InChI is InChI=1S/C22H22O4/c1-15-3-7-17(8-4-15)21(23)25-19-11-13-20(14-12-19)26-22(24)18-9-5-16(2)6-10-18/h3-5,7-9,11,13-14,19H,6,10,12H2,1-2H3. The van der Waals surface area contributed by atoms with Crippen molar-refractivity contribution in [2.24, 2.45) is 0 Å². The van der Waals surface area contributed by atoms with E-state index in [0.717, 1.165) is 12.0 Å². The van der Waals surface area contributed by atoms with Gasteiger partial charge in [-0.25, -0.2) is 9.59 Å². The Labute approximate surface area is 153 Å². The monoisotopic (exact) mass is 350 g/mol. The van der Waals surface area contributed by atoms with Crippen molar-refractivity contribution in [2.75, 3.05) is 0 Å². The van der Waals surface area contributed by atoms with Crippen LogP contribution in [0.25, 0.3) is 0 Å². The zero-order chi connectivity index (χ0) is 18.5. The minimum absolute atomic E-state index is 0.320. The molecule has 1 unspecified atom stereocenters. The molecule has 0 heterocycles. The predicted molar refractivity (Wildman–Crippen MR) is 99.4 cm³/mol. The van der Waals surface area contributed by atoms with Crippen molar-refractivity contribution in [1.29, 1.82) is 0 Å². The van der Waals surface area contributed by atoms with Gasteiger partial charge in [-0.3, -0.25) is 0 Å². The van der Waals surface area contributed by atoms with Crippen LogP contribution in [0.2, 0.25) is 0 Å². The SMILES string of the molecule is CC1=CC=C(C(=O)OC2=CCC(OC(=O)c3ccc(C)cc3)C=C2)CC1. The van der Waals surface area contributed by atoms with Gasteiger partial charge in [-0.15, -0.1) is 0 Å². The van der Waals surface area contributed by atoms with Crippen molar-refractivity contribution in [3.8, 4) is 0 Å². The average Bonchev–Trinajstić information content (AvgIpc) is 2.64. The molecule has 1 aromatic rings. The van der Waals surface area contributed by atoms with Crippen LogP contribution >= 0.6 is 0 Å². The number of hydrogen-bond acceptors (Lipinski definition) is 4. The minimum Gasteiger partial charge on any atom is -0.454 e. The number of rotatable bonds is 4. The van der Waals surface area contributed by atoms with Crippen molar-refractivity contribution in [3.63, 3.8) is 0 Å². The lowest BCUT2D eigenvalue weighted by molar-refractivity contribution is -0.134. The van der Waals surface area contributed by atoms with Crippen LogP contribution in [0.5, 0.6) is 0 Å². The lowest BCUT2D eigenvalue weighted by atomic mass is 10.00. The fraction of sp³-hybridized carbons (Fsp3) is 0.273. The zero-order valence-corrected chi connectivity index (χ0v) is 15.0. The molecule has 4 heteroatoms. The summed E-state index contributed by atoms with van der Waals surface area (Å²) in [6.07, 6.45) is 10.7. The Morgan fingerprint density at radius 1 is 1.00 bits per heavy atom. The van der Waals surface area contributed by atoms with Crippen molar-refractivity contribution < 1.29 is 19.1 Å². The lowest BCUT2D eigenvalue weighted by Crippen LogP contribution is -2.18. The number of aryl methyl sites for hydroxylation is 1. The quantitative estimate of drug-likeness (QED) is 0.746. The van der Waals surface area contributed by atoms with E-state index in [-0.39, 0.29) is 18.0 Å². The average molecular weight is 350 g/mol. The third-order valence-electron chi connectivity index (χ3n) is 4.40. The molecule has 0 N–H and O–H groups in total. The fourth-order valence-corrected chi connectivity index (χ4v) is 2.72. The van der Waals surface area contributed by atoms with Crippen LogP contribution in [-0.4, -0.2) is 18.0 Å². The molecule has 134 valence electrons. The topological polar surface area (TPSA) is 52.6 Å². The van der Waals surface area contributed by atoms with Crippen molar-refractivity contribution >= 4 is 11.9 Å². The first-order chi connectivity index (χ1) is 12.5. The van der Waals surface area contributed by atoms with E-state index < -0.39 is 0 Å². The summed E-state index contributed by atoms with van der Waals surface area (Å²) in [7, 11) is 0. The van der Waals surface area contributed by atoms with Gasteiger partial charge in [0.2, 0.25) is 0 Å². The summed E-state index contributed by atoms with van der Waals surface area (Å²) in [5.74, 6) is -0.187. The molecule has 0 fully saturated rings. The molecular weight excluding hydrogens is 328 g/mol. The lowest BCUT2D eigenvalue weighted by Gasteiger charge is -2.18. The Bertz CT molecular complexity index is 822. The fourth-order valence-electron chi connectivity index (χ4n) is 2.72. The molecular formula is C22H22O4. The van der Waals surface area contributed by atoms with Gasteiger partial charge in [-0.05, 0) is 57.0 Å². The highest BCUT2D eigenvalue weighted by atomic mass is 16.5. The molecule has 0 saturated heterocycles. The van der Waals surface area contributed by atoms with Gasteiger partial charge in [0.25, 0.3) is 0 Å². The molecule has 0 aliphatic heterocycles. The Hall–Kier alpha value is -2.88. The highest BCUT2D eigenvalue weighted by Crippen LogP contribution is 2.22. The first-order valence-electron chi connectivity index (χ1n) is 8.76. The predicted octanol–water partition coefficient (Wildman–Crippen LogP) is 4.57. The van der Waals surface area contributed by atoms with Crippen LogP contribution in [0.4, 0.5) is 0 Å². The third-order valence-corrected chi connectivity index (χ3v) is 4.40. The van der Waals surface area contributed by atoms with Gasteiger partial charge in [0.15, 0.2) is 0 Å². The van der Waals surface area contributed by atoms with E-state index in [9.17, 15) is 9.59 Å². The molecule has 0 spiro atoms. The number of ether oxygens (including phenoxy) is 2. The van der Waals surface area contributed by atoms with E-state index in [0.29, 0.717) is 29.7 Å². The van der Waals surface area contributed by atoms with Gasteiger partial charge < -0.3 is 9.47 Å². The van der Waals surface area contributed by atoms with E-state index in [4.69, 9.17) is 9.47 Å². The van der Waals surface area contributed by atoms with E-state index in [1.165, 1.54) is 5.57 Å². The number of carbonyl (C=O) groups excluding carboxylic acids is 2. The maximum absolute atomic E-state index is 12.2. The molecule has 1 aromatic carbocycles.